The van der Waals surface area contributed by atoms with E-state index in [1.807, 2.05) is 23.1 Å². The van der Waals surface area contributed by atoms with Crippen LogP contribution in [0.25, 0.3) is 0 Å². The number of carbonyl (C=O) groups excluding carboxylic acids is 2. The highest BCUT2D eigenvalue weighted by Crippen LogP contribution is 2.44. The van der Waals surface area contributed by atoms with E-state index in [2.05, 4.69) is 11.4 Å². The first-order chi connectivity index (χ1) is 10.1. The molecule has 3 N–H and O–H groups in total. The normalized spacial score (nSPS) is 21.5. The van der Waals surface area contributed by atoms with Gasteiger partial charge in [0.05, 0.1) is 13.1 Å². The highest BCUT2D eigenvalue weighted by atomic mass is 16.2. The SMILES string of the molecule is NCC1(c2ccccc2N2CC(=O)NC(=O)C2)CCCC1. The summed E-state index contributed by atoms with van der Waals surface area (Å²) < 4.78 is 0. The lowest BCUT2D eigenvalue weighted by Crippen LogP contribution is -2.52. The fourth-order valence-electron chi connectivity index (χ4n) is 3.64. The van der Waals surface area contributed by atoms with Crippen molar-refractivity contribution in [3.05, 3.63) is 29.8 Å². The van der Waals surface area contributed by atoms with E-state index in [-0.39, 0.29) is 30.3 Å². The predicted octanol–water partition coefficient (Wildman–Crippen LogP) is 0.920. The third kappa shape index (κ3) is 2.53. The van der Waals surface area contributed by atoms with Crippen LogP contribution in [0, 0.1) is 0 Å². The first kappa shape index (κ1) is 14.1. The molecule has 0 bridgehead atoms. The standard InChI is InChI=1S/C16H21N3O2/c17-11-16(7-3-4-8-16)12-5-1-2-6-13(12)19-9-14(20)18-15(21)10-19/h1-2,5-6H,3-4,7-11,17H2,(H,18,20,21). The summed E-state index contributed by atoms with van der Waals surface area (Å²) in [5.41, 5.74) is 8.25. The Kier molecular flexibility index (Phi) is 3.68. The number of nitrogens with two attached hydrogens (primary N) is 1. The Hall–Kier alpha value is -1.88. The molecule has 1 aromatic carbocycles. The molecule has 5 nitrogen and oxygen atoms in total. The van der Waals surface area contributed by atoms with Crippen molar-refractivity contribution in [3.8, 4) is 0 Å². The minimum atomic E-state index is -0.241. The zero-order valence-corrected chi connectivity index (χ0v) is 12.1. The van der Waals surface area contributed by atoms with Gasteiger partial charge in [-0.3, -0.25) is 14.9 Å². The van der Waals surface area contributed by atoms with Crippen LogP contribution in [0.2, 0.25) is 0 Å². The van der Waals surface area contributed by atoms with E-state index in [4.69, 9.17) is 5.73 Å². The molecule has 3 rings (SSSR count). The Bertz CT molecular complexity index is 548. The molecule has 2 aliphatic rings. The highest BCUT2D eigenvalue weighted by Gasteiger charge is 2.37. The minimum Gasteiger partial charge on any atom is -0.353 e. The van der Waals surface area contributed by atoms with Gasteiger partial charge in [0.2, 0.25) is 11.8 Å². The minimum absolute atomic E-state index is 0.00638. The van der Waals surface area contributed by atoms with Crippen molar-refractivity contribution in [2.45, 2.75) is 31.1 Å². The van der Waals surface area contributed by atoms with Crippen LogP contribution in [0.3, 0.4) is 0 Å². The van der Waals surface area contributed by atoms with E-state index >= 15 is 0 Å². The van der Waals surface area contributed by atoms with Crippen LogP contribution in [0.5, 0.6) is 0 Å². The van der Waals surface area contributed by atoms with Crippen molar-refractivity contribution in [2.24, 2.45) is 5.73 Å². The van der Waals surface area contributed by atoms with Crippen molar-refractivity contribution < 1.29 is 9.59 Å². The third-order valence-corrected chi connectivity index (χ3v) is 4.72. The molecular weight excluding hydrogens is 266 g/mol. The lowest BCUT2D eigenvalue weighted by atomic mass is 9.78. The molecule has 1 aromatic rings. The number of nitrogens with zero attached hydrogens (tertiary/aromatic N) is 1. The van der Waals surface area contributed by atoms with E-state index in [0.717, 1.165) is 18.5 Å². The van der Waals surface area contributed by atoms with Crippen LogP contribution in [-0.4, -0.2) is 31.4 Å². The largest absolute Gasteiger partial charge is 0.353 e. The zero-order valence-electron chi connectivity index (χ0n) is 12.1. The van der Waals surface area contributed by atoms with Crippen molar-refractivity contribution in [1.82, 2.24) is 5.32 Å². The summed E-state index contributed by atoms with van der Waals surface area (Å²) in [4.78, 5) is 25.1. The van der Waals surface area contributed by atoms with Gasteiger partial charge in [-0.25, -0.2) is 0 Å². The van der Waals surface area contributed by atoms with E-state index in [1.165, 1.54) is 18.4 Å². The molecule has 1 aliphatic heterocycles. The fraction of sp³-hybridized carbons (Fsp3) is 0.500. The van der Waals surface area contributed by atoms with Crippen LogP contribution < -0.4 is 16.0 Å². The second kappa shape index (κ2) is 5.48. The van der Waals surface area contributed by atoms with Gasteiger partial charge < -0.3 is 10.6 Å². The topological polar surface area (TPSA) is 75.4 Å². The second-order valence-corrected chi connectivity index (χ2v) is 6.04. The molecule has 1 saturated carbocycles. The number of piperazine rings is 1. The smallest absolute Gasteiger partial charge is 0.246 e. The van der Waals surface area contributed by atoms with Crippen molar-refractivity contribution in [1.29, 1.82) is 0 Å². The number of rotatable bonds is 3. The Morgan fingerprint density at radius 1 is 1.10 bits per heavy atom. The summed E-state index contributed by atoms with van der Waals surface area (Å²) in [5.74, 6) is -0.483. The molecule has 1 saturated heterocycles. The fourth-order valence-corrected chi connectivity index (χ4v) is 3.64. The molecule has 5 heteroatoms. The van der Waals surface area contributed by atoms with Crippen LogP contribution in [0.15, 0.2) is 24.3 Å². The van der Waals surface area contributed by atoms with Crippen molar-refractivity contribution in [2.75, 3.05) is 24.5 Å². The van der Waals surface area contributed by atoms with Crippen LogP contribution in [0.1, 0.15) is 31.2 Å². The lowest BCUT2D eigenvalue weighted by Gasteiger charge is -2.35. The van der Waals surface area contributed by atoms with E-state index in [9.17, 15) is 9.59 Å². The number of benzene rings is 1. The maximum atomic E-state index is 11.6. The number of carbonyl (C=O) groups is 2. The van der Waals surface area contributed by atoms with E-state index in [1.54, 1.807) is 0 Å². The molecule has 1 aliphatic carbocycles. The number of para-hydroxylation sites is 1. The average molecular weight is 287 g/mol. The van der Waals surface area contributed by atoms with Gasteiger partial charge in [-0.05, 0) is 24.5 Å². The first-order valence-electron chi connectivity index (χ1n) is 7.52. The van der Waals surface area contributed by atoms with Gasteiger partial charge in [0.15, 0.2) is 0 Å². The number of amides is 2. The zero-order chi connectivity index (χ0) is 14.9. The van der Waals surface area contributed by atoms with E-state index in [0.29, 0.717) is 6.54 Å². The van der Waals surface area contributed by atoms with Gasteiger partial charge in [0.25, 0.3) is 0 Å². The summed E-state index contributed by atoms with van der Waals surface area (Å²) in [6.07, 6.45) is 4.53. The molecule has 2 amide bonds. The number of imide groups is 1. The average Bonchev–Trinajstić information content (AvgIpc) is 2.96. The Morgan fingerprint density at radius 2 is 1.71 bits per heavy atom. The molecule has 1 heterocycles. The summed E-state index contributed by atoms with van der Waals surface area (Å²) in [5, 5.41) is 2.35. The molecule has 2 fully saturated rings. The third-order valence-electron chi connectivity index (χ3n) is 4.72. The van der Waals surface area contributed by atoms with Gasteiger partial charge in [0.1, 0.15) is 0 Å². The van der Waals surface area contributed by atoms with Gasteiger partial charge in [-0.1, -0.05) is 31.0 Å². The number of nitrogens with one attached hydrogen (secondary N) is 1. The Labute approximate surface area is 124 Å². The predicted molar refractivity (Wildman–Crippen MR) is 81.0 cm³/mol. The molecule has 21 heavy (non-hydrogen) atoms. The summed E-state index contributed by atoms with van der Waals surface area (Å²) in [6.45, 7) is 1.06. The van der Waals surface area contributed by atoms with Gasteiger partial charge >= 0.3 is 0 Å². The second-order valence-electron chi connectivity index (χ2n) is 6.04. The summed E-state index contributed by atoms with van der Waals surface area (Å²) >= 11 is 0. The van der Waals surface area contributed by atoms with Crippen LogP contribution in [-0.2, 0) is 15.0 Å². The van der Waals surface area contributed by atoms with Gasteiger partial charge in [0, 0.05) is 17.6 Å². The molecule has 0 atom stereocenters. The summed E-state index contributed by atoms with van der Waals surface area (Å²) in [7, 11) is 0. The quantitative estimate of drug-likeness (QED) is 0.811. The highest BCUT2D eigenvalue weighted by molar-refractivity contribution is 6.02. The molecule has 0 spiro atoms. The Balaban J connectivity index is 1.99. The molecule has 112 valence electrons. The van der Waals surface area contributed by atoms with Crippen LogP contribution in [0.4, 0.5) is 5.69 Å². The monoisotopic (exact) mass is 287 g/mol. The number of hydrogen-bond acceptors (Lipinski definition) is 4. The van der Waals surface area contributed by atoms with Gasteiger partial charge in [-0.2, -0.15) is 0 Å². The van der Waals surface area contributed by atoms with Crippen molar-refractivity contribution in [3.63, 3.8) is 0 Å². The lowest BCUT2D eigenvalue weighted by molar-refractivity contribution is -0.130. The van der Waals surface area contributed by atoms with Crippen LogP contribution >= 0.6 is 0 Å². The molecular formula is C16H21N3O2. The van der Waals surface area contributed by atoms with Gasteiger partial charge in [-0.15, -0.1) is 0 Å². The first-order valence-corrected chi connectivity index (χ1v) is 7.52. The molecule has 0 aromatic heterocycles. The number of anilines is 1. The summed E-state index contributed by atoms with van der Waals surface area (Å²) in [6, 6.07) is 8.07. The maximum absolute atomic E-state index is 11.6. The number of hydrogen-bond donors (Lipinski definition) is 2. The Morgan fingerprint density at radius 3 is 2.33 bits per heavy atom. The maximum Gasteiger partial charge on any atom is 0.246 e. The van der Waals surface area contributed by atoms with E-state index < -0.39 is 0 Å². The van der Waals surface area contributed by atoms with Crippen molar-refractivity contribution >= 4 is 17.5 Å². The molecule has 0 radical (unpaired) electrons. The molecule has 0 unspecified atom stereocenters.